The first-order chi connectivity index (χ1) is 13.7. The molecule has 7 heteroatoms. The number of carboxylic acids is 1. The van der Waals surface area contributed by atoms with Gasteiger partial charge in [0.1, 0.15) is 5.00 Å². The Balaban J connectivity index is 1.87. The Labute approximate surface area is 175 Å². The quantitative estimate of drug-likeness (QED) is 0.603. The van der Waals surface area contributed by atoms with Crippen LogP contribution in [-0.4, -0.2) is 22.9 Å². The second kappa shape index (κ2) is 8.69. The Morgan fingerprint density at radius 1 is 1.14 bits per heavy atom. The van der Waals surface area contributed by atoms with Crippen LogP contribution >= 0.6 is 11.3 Å². The molecule has 29 heavy (non-hydrogen) atoms. The third-order valence-corrected chi connectivity index (χ3v) is 7.64. The molecule has 6 nitrogen and oxygen atoms in total. The smallest absolute Gasteiger partial charge is 0.307 e. The maximum Gasteiger partial charge on any atom is 0.307 e. The van der Waals surface area contributed by atoms with E-state index >= 15 is 0 Å². The number of allylic oxidation sites excluding steroid dienone is 2. The summed E-state index contributed by atoms with van der Waals surface area (Å²) >= 11 is 1.43. The van der Waals surface area contributed by atoms with E-state index in [4.69, 9.17) is 5.73 Å². The molecule has 0 fully saturated rings. The highest BCUT2D eigenvalue weighted by molar-refractivity contribution is 7.17. The maximum absolute atomic E-state index is 13.0. The molecule has 0 saturated heterocycles. The topological polar surface area (TPSA) is 109 Å². The summed E-state index contributed by atoms with van der Waals surface area (Å²) < 4.78 is 0. The maximum atomic E-state index is 13.0. The third-order valence-electron chi connectivity index (χ3n) is 6.47. The highest BCUT2D eigenvalue weighted by atomic mass is 32.1. The van der Waals surface area contributed by atoms with Gasteiger partial charge in [-0.3, -0.25) is 14.4 Å². The number of hydrogen-bond donors (Lipinski definition) is 3. The molecule has 4 N–H and O–H groups in total. The van der Waals surface area contributed by atoms with Crippen molar-refractivity contribution in [2.45, 2.75) is 65.7 Å². The zero-order valence-electron chi connectivity index (χ0n) is 17.3. The van der Waals surface area contributed by atoms with Gasteiger partial charge in [0.25, 0.3) is 5.91 Å². The standard InChI is InChI=1S/C22H30N2O4S/c1-4-5-13-6-7-14-17(10-13)29-21(18(14)19(23)25)24-20(26)15-8-11(2)12(3)9-16(15)22(27)28/h13,15-16H,4-10H2,1-3H3,(H2,23,25)(H,24,26)(H,27,28)/t13-,15+,16-/m1/s1. The van der Waals surface area contributed by atoms with E-state index in [9.17, 15) is 19.5 Å². The molecule has 0 spiro atoms. The molecule has 3 rings (SSSR count). The van der Waals surface area contributed by atoms with Gasteiger partial charge in [-0.1, -0.05) is 30.9 Å². The van der Waals surface area contributed by atoms with E-state index in [0.29, 0.717) is 29.3 Å². The lowest BCUT2D eigenvalue weighted by atomic mass is 9.76. The molecule has 2 aliphatic rings. The summed E-state index contributed by atoms with van der Waals surface area (Å²) in [4.78, 5) is 38.1. The van der Waals surface area contributed by atoms with Crippen molar-refractivity contribution in [1.82, 2.24) is 0 Å². The third kappa shape index (κ3) is 4.39. The number of nitrogens with one attached hydrogen (secondary N) is 1. The lowest BCUT2D eigenvalue weighted by Gasteiger charge is -2.29. The predicted octanol–water partition coefficient (Wildman–Crippen LogP) is 4.14. The van der Waals surface area contributed by atoms with E-state index in [0.717, 1.165) is 53.7 Å². The fourth-order valence-corrected chi connectivity index (χ4v) is 6.06. The highest BCUT2D eigenvalue weighted by Crippen LogP contribution is 2.42. The summed E-state index contributed by atoms with van der Waals surface area (Å²) in [6, 6.07) is 0. The molecule has 2 aliphatic carbocycles. The summed E-state index contributed by atoms with van der Waals surface area (Å²) in [6.07, 6.45) is 5.81. The Bertz CT molecular complexity index is 870. The van der Waals surface area contributed by atoms with Crippen molar-refractivity contribution in [1.29, 1.82) is 0 Å². The molecule has 0 aromatic carbocycles. The molecule has 0 unspecified atom stereocenters. The van der Waals surface area contributed by atoms with Gasteiger partial charge in [0, 0.05) is 4.88 Å². The first-order valence-electron chi connectivity index (χ1n) is 10.4. The van der Waals surface area contributed by atoms with Crippen molar-refractivity contribution in [2.75, 3.05) is 5.32 Å². The summed E-state index contributed by atoms with van der Waals surface area (Å²) in [7, 11) is 0. The van der Waals surface area contributed by atoms with Gasteiger partial charge in [-0.05, 0) is 57.4 Å². The lowest BCUT2D eigenvalue weighted by Crippen LogP contribution is -2.36. The predicted molar refractivity (Wildman–Crippen MR) is 114 cm³/mol. The van der Waals surface area contributed by atoms with Crippen molar-refractivity contribution >= 4 is 34.1 Å². The van der Waals surface area contributed by atoms with Crippen molar-refractivity contribution in [3.05, 3.63) is 27.2 Å². The van der Waals surface area contributed by atoms with Crippen LogP contribution in [0.1, 0.15) is 73.7 Å². The first kappa shape index (κ1) is 21.6. The molecule has 3 atom stereocenters. The average Bonchev–Trinajstić information content (AvgIpc) is 3.00. The van der Waals surface area contributed by atoms with Gasteiger partial charge >= 0.3 is 5.97 Å². The number of anilines is 1. The lowest BCUT2D eigenvalue weighted by molar-refractivity contribution is -0.146. The van der Waals surface area contributed by atoms with Crippen molar-refractivity contribution in [3.63, 3.8) is 0 Å². The molecular weight excluding hydrogens is 388 g/mol. The Kier molecular flexibility index (Phi) is 6.46. The number of carbonyl (C=O) groups is 3. The van der Waals surface area contributed by atoms with Gasteiger partial charge < -0.3 is 16.2 Å². The van der Waals surface area contributed by atoms with E-state index in [1.54, 1.807) is 0 Å². The van der Waals surface area contributed by atoms with Crippen LogP contribution in [0.4, 0.5) is 5.00 Å². The van der Waals surface area contributed by atoms with Crippen molar-refractivity contribution in [2.24, 2.45) is 23.5 Å². The zero-order chi connectivity index (χ0) is 21.3. The van der Waals surface area contributed by atoms with Crippen LogP contribution in [0.15, 0.2) is 11.1 Å². The molecule has 0 radical (unpaired) electrons. The van der Waals surface area contributed by atoms with Crippen molar-refractivity contribution in [3.8, 4) is 0 Å². The molecule has 158 valence electrons. The number of carboxylic acid groups (broad SMARTS) is 1. The first-order valence-corrected chi connectivity index (χ1v) is 11.2. The summed E-state index contributed by atoms with van der Waals surface area (Å²) in [6.45, 7) is 6.04. The van der Waals surface area contributed by atoms with E-state index in [1.165, 1.54) is 11.3 Å². The number of hydrogen-bond acceptors (Lipinski definition) is 4. The average molecular weight is 419 g/mol. The van der Waals surface area contributed by atoms with E-state index in [1.807, 2.05) is 13.8 Å². The Morgan fingerprint density at radius 2 is 1.79 bits per heavy atom. The fourth-order valence-electron chi connectivity index (χ4n) is 4.69. The molecule has 1 aromatic heterocycles. The van der Waals surface area contributed by atoms with Crippen LogP contribution < -0.4 is 11.1 Å². The minimum atomic E-state index is -0.958. The second-order valence-electron chi connectivity index (χ2n) is 8.48. The number of carbonyl (C=O) groups excluding carboxylic acids is 2. The summed E-state index contributed by atoms with van der Waals surface area (Å²) in [5.74, 6) is -2.63. The van der Waals surface area contributed by atoms with Crippen LogP contribution in [0.3, 0.4) is 0 Å². The Morgan fingerprint density at radius 3 is 2.38 bits per heavy atom. The van der Waals surface area contributed by atoms with Crippen LogP contribution in [0.25, 0.3) is 0 Å². The van der Waals surface area contributed by atoms with E-state index in [-0.39, 0.29) is 5.91 Å². The van der Waals surface area contributed by atoms with Crippen LogP contribution in [0, 0.1) is 17.8 Å². The van der Waals surface area contributed by atoms with E-state index < -0.39 is 23.7 Å². The number of nitrogens with two attached hydrogens (primary N) is 1. The largest absolute Gasteiger partial charge is 0.481 e. The molecule has 1 aromatic rings. The zero-order valence-corrected chi connectivity index (χ0v) is 18.2. The fraction of sp³-hybridized carbons (Fsp3) is 0.591. The number of amides is 2. The monoisotopic (exact) mass is 418 g/mol. The normalized spacial score (nSPS) is 24.2. The SMILES string of the molecule is CCC[C@@H]1CCc2c(sc(NC(=O)[C@H]3CC(C)=C(C)C[C@H]3C(=O)O)c2C(N)=O)C1. The van der Waals surface area contributed by atoms with Gasteiger partial charge in [-0.2, -0.15) is 0 Å². The molecule has 0 aliphatic heterocycles. The van der Waals surface area contributed by atoms with Gasteiger partial charge in [0.15, 0.2) is 0 Å². The van der Waals surface area contributed by atoms with Gasteiger partial charge in [-0.25, -0.2) is 0 Å². The van der Waals surface area contributed by atoms with Gasteiger partial charge in [0.05, 0.1) is 17.4 Å². The summed E-state index contributed by atoms with van der Waals surface area (Å²) in [5.41, 5.74) is 9.14. The van der Waals surface area contributed by atoms with Crippen LogP contribution in [0.2, 0.25) is 0 Å². The van der Waals surface area contributed by atoms with Gasteiger partial charge in [0.2, 0.25) is 5.91 Å². The minimum absolute atomic E-state index is 0.338. The molecule has 0 saturated carbocycles. The highest BCUT2D eigenvalue weighted by Gasteiger charge is 2.38. The molecule has 0 bridgehead atoms. The second-order valence-corrected chi connectivity index (χ2v) is 9.58. The van der Waals surface area contributed by atoms with Gasteiger partial charge in [-0.15, -0.1) is 11.3 Å². The molecular formula is C22H30N2O4S. The Hall–Kier alpha value is -2.15. The van der Waals surface area contributed by atoms with Crippen molar-refractivity contribution < 1.29 is 19.5 Å². The summed E-state index contributed by atoms with van der Waals surface area (Å²) in [5, 5.41) is 13.0. The number of aliphatic carboxylic acids is 1. The number of thiophene rings is 1. The number of fused-ring (bicyclic) bond motifs is 1. The van der Waals surface area contributed by atoms with Crippen LogP contribution in [-0.2, 0) is 22.4 Å². The number of rotatable bonds is 6. The number of primary amides is 1. The molecule has 2 amide bonds. The van der Waals surface area contributed by atoms with Crippen LogP contribution in [0.5, 0.6) is 0 Å². The van der Waals surface area contributed by atoms with E-state index in [2.05, 4.69) is 12.2 Å². The minimum Gasteiger partial charge on any atom is -0.481 e. The molecule has 1 heterocycles.